The van der Waals surface area contributed by atoms with Gasteiger partial charge in [-0.25, -0.2) is 0 Å². The van der Waals surface area contributed by atoms with Gasteiger partial charge in [0.2, 0.25) is 0 Å². The molecule has 1 saturated carbocycles. The van der Waals surface area contributed by atoms with E-state index in [0.717, 1.165) is 19.0 Å². The Balaban J connectivity index is 0.00000312. The van der Waals surface area contributed by atoms with E-state index in [1.54, 1.807) is 14.2 Å². The fraction of sp³-hybridized carbons (Fsp3) is 0.632. The van der Waals surface area contributed by atoms with Crippen molar-refractivity contribution in [2.24, 2.45) is 4.99 Å². The van der Waals surface area contributed by atoms with Gasteiger partial charge < -0.3 is 20.3 Å². The van der Waals surface area contributed by atoms with E-state index in [1.165, 1.54) is 43.4 Å². The van der Waals surface area contributed by atoms with E-state index < -0.39 is 0 Å². The van der Waals surface area contributed by atoms with Crippen molar-refractivity contribution in [2.45, 2.75) is 44.7 Å². The molecule has 1 fully saturated rings. The minimum Gasteiger partial charge on any atom is -0.383 e. The summed E-state index contributed by atoms with van der Waals surface area (Å²) in [6.45, 7) is 2.18. The van der Waals surface area contributed by atoms with Crippen LogP contribution >= 0.6 is 24.0 Å². The highest BCUT2D eigenvalue weighted by molar-refractivity contribution is 14.0. The number of anilines is 1. The number of guanidine groups is 1. The van der Waals surface area contributed by atoms with E-state index in [9.17, 15) is 0 Å². The van der Waals surface area contributed by atoms with Gasteiger partial charge in [-0.2, -0.15) is 0 Å². The summed E-state index contributed by atoms with van der Waals surface area (Å²) in [6, 6.07) is 9.56. The molecule has 0 spiro atoms. The molecule has 25 heavy (non-hydrogen) atoms. The van der Waals surface area contributed by atoms with Gasteiger partial charge in [0.05, 0.1) is 6.61 Å². The van der Waals surface area contributed by atoms with Crippen molar-refractivity contribution in [1.82, 2.24) is 10.6 Å². The molecule has 0 bridgehead atoms. The molecule has 0 heterocycles. The molecule has 2 rings (SSSR count). The topological polar surface area (TPSA) is 48.9 Å². The Kier molecular flexibility index (Phi) is 10.9. The average molecular weight is 460 g/mol. The summed E-state index contributed by atoms with van der Waals surface area (Å²) in [5.74, 6) is 0.801. The number of hydrogen-bond acceptors (Lipinski definition) is 3. The smallest absolute Gasteiger partial charge is 0.191 e. The number of hydrogen-bond donors (Lipinski definition) is 2. The number of nitrogens with one attached hydrogen (secondary N) is 2. The lowest BCUT2D eigenvalue weighted by molar-refractivity contribution is 0.203. The van der Waals surface area contributed by atoms with Gasteiger partial charge in [-0.1, -0.05) is 31.4 Å². The lowest BCUT2D eigenvalue weighted by Gasteiger charge is -2.33. The highest BCUT2D eigenvalue weighted by Gasteiger charge is 2.18. The number of halogens is 1. The van der Waals surface area contributed by atoms with Gasteiger partial charge in [0, 0.05) is 46.0 Å². The minimum atomic E-state index is 0. The van der Waals surface area contributed by atoms with Crippen LogP contribution in [0.4, 0.5) is 5.69 Å². The Hall–Kier alpha value is -1.02. The van der Waals surface area contributed by atoms with Crippen molar-refractivity contribution in [3.63, 3.8) is 0 Å². The zero-order chi connectivity index (χ0) is 17.2. The van der Waals surface area contributed by atoms with Crippen molar-refractivity contribution in [3.05, 3.63) is 29.8 Å². The van der Waals surface area contributed by atoms with Gasteiger partial charge in [0.15, 0.2) is 5.96 Å². The molecular formula is C19H33IN4O. The standard InChI is InChI=1S/C19H32N4O.HI/c1-20-19(21-13-14-24-3)22-15-16-9-11-18(12-10-16)23(2)17-7-5-4-6-8-17;/h9-12,17H,4-8,13-15H2,1-3H3,(H2,20,21,22);1H. The van der Waals surface area contributed by atoms with Crippen LogP contribution in [0.5, 0.6) is 0 Å². The fourth-order valence-corrected chi connectivity index (χ4v) is 3.21. The summed E-state index contributed by atoms with van der Waals surface area (Å²) in [5.41, 5.74) is 2.57. The lowest BCUT2D eigenvalue weighted by atomic mass is 9.94. The third-order valence-corrected chi connectivity index (χ3v) is 4.75. The van der Waals surface area contributed by atoms with E-state index in [4.69, 9.17) is 4.74 Å². The van der Waals surface area contributed by atoms with Crippen LogP contribution in [0.2, 0.25) is 0 Å². The Bertz CT molecular complexity index is 501. The molecule has 5 nitrogen and oxygen atoms in total. The summed E-state index contributed by atoms with van der Waals surface area (Å²) < 4.78 is 5.04. The number of aliphatic imine (C=N–C) groups is 1. The van der Waals surface area contributed by atoms with Crippen LogP contribution in [0.15, 0.2) is 29.3 Å². The Morgan fingerprint density at radius 2 is 1.84 bits per heavy atom. The first-order chi connectivity index (χ1) is 11.7. The first kappa shape index (κ1) is 22.0. The molecule has 1 aromatic rings. The number of methoxy groups -OCH3 is 1. The van der Waals surface area contributed by atoms with Crippen molar-refractivity contribution in [1.29, 1.82) is 0 Å². The third-order valence-electron chi connectivity index (χ3n) is 4.75. The Labute approximate surface area is 169 Å². The normalized spacial score (nSPS) is 15.4. The SMILES string of the molecule is CN=C(NCCOC)NCc1ccc(N(C)C2CCCCC2)cc1.I. The molecule has 0 aromatic heterocycles. The predicted molar refractivity (Wildman–Crippen MR) is 117 cm³/mol. The first-order valence-electron chi connectivity index (χ1n) is 9.00. The second-order valence-corrected chi connectivity index (χ2v) is 6.41. The van der Waals surface area contributed by atoms with Crippen LogP contribution in [-0.2, 0) is 11.3 Å². The highest BCUT2D eigenvalue weighted by atomic mass is 127. The molecule has 0 radical (unpaired) electrons. The molecule has 1 aliphatic carbocycles. The quantitative estimate of drug-likeness (QED) is 0.284. The average Bonchev–Trinajstić information content (AvgIpc) is 2.65. The van der Waals surface area contributed by atoms with Crippen molar-refractivity contribution < 1.29 is 4.74 Å². The summed E-state index contributed by atoms with van der Waals surface area (Å²) >= 11 is 0. The Morgan fingerprint density at radius 3 is 2.44 bits per heavy atom. The lowest BCUT2D eigenvalue weighted by Crippen LogP contribution is -2.38. The van der Waals surface area contributed by atoms with Crippen molar-refractivity contribution in [3.8, 4) is 0 Å². The van der Waals surface area contributed by atoms with E-state index in [-0.39, 0.29) is 24.0 Å². The summed E-state index contributed by atoms with van der Waals surface area (Å²) in [5, 5.41) is 6.55. The second kappa shape index (κ2) is 12.4. The van der Waals surface area contributed by atoms with Gasteiger partial charge in [-0.3, -0.25) is 4.99 Å². The van der Waals surface area contributed by atoms with Crippen molar-refractivity contribution in [2.75, 3.05) is 39.3 Å². The van der Waals surface area contributed by atoms with Gasteiger partial charge in [-0.05, 0) is 30.5 Å². The summed E-state index contributed by atoms with van der Waals surface area (Å²) in [4.78, 5) is 6.66. The second-order valence-electron chi connectivity index (χ2n) is 6.41. The number of rotatable bonds is 7. The molecule has 0 saturated heterocycles. The molecule has 6 heteroatoms. The molecule has 1 aromatic carbocycles. The van der Waals surface area contributed by atoms with Gasteiger partial charge in [-0.15, -0.1) is 24.0 Å². The van der Waals surface area contributed by atoms with Gasteiger partial charge in [0.1, 0.15) is 0 Å². The van der Waals surface area contributed by atoms with Gasteiger partial charge >= 0.3 is 0 Å². The summed E-state index contributed by atoms with van der Waals surface area (Å²) in [7, 11) is 5.71. The molecule has 0 aliphatic heterocycles. The number of ether oxygens (including phenoxy) is 1. The van der Waals surface area contributed by atoms with Gasteiger partial charge in [0.25, 0.3) is 0 Å². The maximum atomic E-state index is 5.04. The molecule has 0 amide bonds. The largest absolute Gasteiger partial charge is 0.383 e. The number of benzene rings is 1. The predicted octanol–water partition coefficient (Wildman–Crippen LogP) is 3.38. The van der Waals surface area contributed by atoms with E-state index in [0.29, 0.717) is 12.6 Å². The molecular weight excluding hydrogens is 427 g/mol. The van der Waals surface area contributed by atoms with Crippen LogP contribution in [0.25, 0.3) is 0 Å². The minimum absolute atomic E-state index is 0. The maximum absolute atomic E-state index is 5.04. The highest BCUT2D eigenvalue weighted by Crippen LogP contribution is 2.26. The third kappa shape index (κ3) is 7.40. The van der Waals surface area contributed by atoms with Crippen LogP contribution in [0.1, 0.15) is 37.7 Å². The maximum Gasteiger partial charge on any atom is 0.191 e. The van der Waals surface area contributed by atoms with E-state index in [2.05, 4.69) is 51.8 Å². The fourth-order valence-electron chi connectivity index (χ4n) is 3.21. The molecule has 0 unspecified atom stereocenters. The molecule has 1 aliphatic rings. The van der Waals surface area contributed by atoms with Crippen molar-refractivity contribution >= 4 is 35.6 Å². The summed E-state index contributed by atoms with van der Waals surface area (Å²) in [6.07, 6.45) is 6.78. The van der Waals surface area contributed by atoms with E-state index in [1.807, 2.05) is 0 Å². The number of nitrogens with zero attached hydrogens (tertiary/aromatic N) is 2. The first-order valence-corrected chi connectivity index (χ1v) is 9.00. The van der Waals surface area contributed by atoms with Crippen LogP contribution < -0.4 is 15.5 Å². The molecule has 142 valence electrons. The molecule has 0 atom stereocenters. The monoisotopic (exact) mass is 460 g/mol. The molecule has 2 N–H and O–H groups in total. The van der Waals surface area contributed by atoms with Crippen LogP contribution in [0, 0.1) is 0 Å². The zero-order valence-electron chi connectivity index (χ0n) is 15.8. The zero-order valence-corrected chi connectivity index (χ0v) is 18.1. The Morgan fingerprint density at radius 1 is 1.16 bits per heavy atom. The van der Waals surface area contributed by atoms with Crippen LogP contribution in [0.3, 0.4) is 0 Å². The van der Waals surface area contributed by atoms with E-state index >= 15 is 0 Å². The van der Waals surface area contributed by atoms with Crippen LogP contribution in [-0.4, -0.2) is 46.4 Å².